The van der Waals surface area contributed by atoms with Gasteiger partial charge in [0.1, 0.15) is 11.9 Å². The van der Waals surface area contributed by atoms with Gasteiger partial charge >= 0.3 is 0 Å². The van der Waals surface area contributed by atoms with Gasteiger partial charge in [-0.1, -0.05) is 6.07 Å². The van der Waals surface area contributed by atoms with Crippen LogP contribution in [-0.4, -0.2) is 31.1 Å². The van der Waals surface area contributed by atoms with E-state index in [-0.39, 0.29) is 23.8 Å². The minimum Gasteiger partial charge on any atom is -0.357 e. The average molecular weight is 251 g/mol. The van der Waals surface area contributed by atoms with E-state index in [0.29, 0.717) is 19.5 Å². The molecule has 0 saturated carbocycles. The molecular formula is C13H18FN3O. The largest absolute Gasteiger partial charge is 0.357 e. The number of nitrogens with zero attached hydrogens (tertiary/aromatic N) is 1. The van der Waals surface area contributed by atoms with Gasteiger partial charge in [-0.25, -0.2) is 4.39 Å². The lowest BCUT2D eigenvalue weighted by molar-refractivity contribution is -0.124. The molecule has 1 aromatic carbocycles. The number of carbonyl (C=O) groups is 1. The van der Waals surface area contributed by atoms with Gasteiger partial charge in [0, 0.05) is 18.3 Å². The second-order valence-electron chi connectivity index (χ2n) is 4.64. The van der Waals surface area contributed by atoms with Crippen LogP contribution in [0.3, 0.4) is 0 Å². The fraction of sp³-hybridized carbons (Fsp3) is 0.462. The zero-order valence-corrected chi connectivity index (χ0v) is 10.4. The lowest BCUT2D eigenvalue weighted by atomic mass is 10.0. The number of halogens is 1. The van der Waals surface area contributed by atoms with Crippen molar-refractivity contribution >= 4 is 11.6 Å². The summed E-state index contributed by atoms with van der Waals surface area (Å²) in [6.07, 6.45) is 0.565. The molecule has 2 atom stereocenters. The van der Waals surface area contributed by atoms with E-state index in [1.54, 1.807) is 6.07 Å². The van der Waals surface area contributed by atoms with Crippen LogP contribution in [0.1, 0.15) is 13.3 Å². The van der Waals surface area contributed by atoms with Gasteiger partial charge in [0.2, 0.25) is 5.91 Å². The van der Waals surface area contributed by atoms with Gasteiger partial charge in [0.05, 0.1) is 0 Å². The molecule has 1 heterocycles. The summed E-state index contributed by atoms with van der Waals surface area (Å²) in [7, 11) is 0. The SMILES string of the molecule is CC1CN(c2cccc(F)c2)C(CCN)C(=O)N1. The average Bonchev–Trinajstić information content (AvgIpc) is 2.32. The molecule has 1 aliphatic rings. The van der Waals surface area contributed by atoms with E-state index in [4.69, 9.17) is 5.73 Å². The first-order chi connectivity index (χ1) is 8.61. The van der Waals surface area contributed by atoms with Gasteiger partial charge in [-0.05, 0) is 38.1 Å². The molecule has 2 rings (SSSR count). The van der Waals surface area contributed by atoms with Crippen molar-refractivity contribution in [3.05, 3.63) is 30.1 Å². The lowest BCUT2D eigenvalue weighted by Gasteiger charge is -2.39. The second kappa shape index (κ2) is 5.35. The van der Waals surface area contributed by atoms with Crippen molar-refractivity contribution in [3.63, 3.8) is 0 Å². The van der Waals surface area contributed by atoms with Gasteiger partial charge in [0.25, 0.3) is 0 Å². The highest BCUT2D eigenvalue weighted by atomic mass is 19.1. The van der Waals surface area contributed by atoms with Crippen LogP contribution in [0.4, 0.5) is 10.1 Å². The lowest BCUT2D eigenvalue weighted by Crippen LogP contribution is -2.59. The Morgan fingerprint density at radius 1 is 1.56 bits per heavy atom. The Bertz CT molecular complexity index is 438. The Morgan fingerprint density at radius 3 is 3.00 bits per heavy atom. The highest BCUT2D eigenvalue weighted by Crippen LogP contribution is 2.22. The molecule has 0 aromatic heterocycles. The zero-order valence-electron chi connectivity index (χ0n) is 10.4. The molecule has 0 bridgehead atoms. The molecule has 5 heteroatoms. The standard InChI is InChI=1S/C13H18FN3O/c1-9-8-17(11-4-2-3-10(14)7-11)12(5-6-15)13(18)16-9/h2-4,7,9,12H,5-6,8,15H2,1H3,(H,16,18). The molecule has 1 fully saturated rings. The van der Waals surface area contributed by atoms with Crippen molar-refractivity contribution in [1.29, 1.82) is 0 Å². The molecular weight excluding hydrogens is 233 g/mol. The third-order valence-electron chi connectivity index (χ3n) is 3.12. The summed E-state index contributed by atoms with van der Waals surface area (Å²) in [4.78, 5) is 13.9. The Kier molecular flexibility index (Phi) is 3.81. The molecule has 1 amide bonds. The summed E-state index contributed by atoms with van der Waals surface area (Å²) in [6.45, 7) is 3.03. The summed E-state index contributed by atoms with van der Waals surface area (Å²) in [5.41, 5.74) is 6.28. The fourth-order valence-corrected chi connectivity index (χ4v) is 2.33. The summed E-state index contributed by atoms with van der Waals surface area (Å²) in [5.74, 6) is -0.332. The highest BCUT2D eigenvalue weighted by Gasteiger charge is 2.32. The molecule has 0 aliphatic carbocycles. The maximum atomic E-state index is 13.3. The van der Waals surface area contributed by atoms with E-state index in [0.717, 1.165) is 5.69 Å². The minimum atomic E-state index is -0.312. The van der Waals surface area contributed by atoms with Crippen molar-refractivity contribution in [3.8, 4) is 0 Å². The third-order valence-corrected chi connectivity index (χ3v) is 3.12. The van der Waals surface area contributed by atoms with Crippen molar-refractivity contribution in [2.75, 3.05) is 18.0 Å². The number of nitrogens with one attached hydrogen (secondary N) is 1. The Balaban J connectivity index is 2.28. The Morgan fingerprint density at radius 2 is 2.33 bits per heavy atom. The second-order valence-corrected chi connectivity index (χ2v) is 4.64. The number of hydrogen-bond acceptors (Lipinski definition) is 3. The molecule has 0 radical (unpaired) electrons. The predicted octanol–water partition coefficient (Wildman–Crippen LogP) is 0.868. The predicted molar refractivity (Wildman–Crippen MR) is 68.8 cm³/mol. The number of rotatable bonds is 3. The van der Waals surface area contributed by atoms with Gasteiger partial charge in [-0.3, -0.25) is 4.79 Å². The molecule has 2 unspecified atom stereocenters. The number of carbonyl (C=O) groups excluding carboxylic acids is 1. The third kappa shape index (κ3) is 2.61. The topological polar surface area (TPSA) is 58.4 Å². The first kappa shape index (κ1) is 12.8. The van der Waals surface area contributed by atoms with Crippen LogP contribution in [0.15, 0.2) is 24.3 Å². The van der Waals surface area contributed by atoms with Gasteiger partial charge in [0.15, 0.2) is 0 Å². The summed E-state index contributed by atoms with van der Waals surface area (Å²) in [6, 6.07) is 6.06. The highest BCUT2D eigenvalue weighted by molar-refractivity contribution is 5.87. The van der Waals surface area contributed by atoms with Gasteiger partial charge < -0.3 is 16.0 Å². The first-order valence-corrected chi connectivity index (χ1v) is 6.14. The maximum absolute atomic E-state index is 13.3. The molecule has 18 heavy (non-hydrogen) atoms. The molecule has 3 N–H and O–H groups in total. The number of piperazine rings is 1. The maximum Gasteiger partial charge on any atom is 0.243 e. The number of benzene rings is 1. The molecule has 4 nitrogen and oxygen atoms in total. The van der Waals surface area contributed by atoms with E-state index in [9.17, 15) is 9.18 Å². The van der Waals surface area contributed by atoms with Crippen LogP contribution in [0.5, 0.6) is 0 Å². The van der Waals surface area contributed by atoms with Gasteiger partial charge in [-0.15, -0.1) is 0 Å². The molecule has 98 valence electrons. The number of hydrogen-bond donors (Lipinski definition) is 2. The summed E-state index contributed by atoms with van der Waals surface area (Å²) < 4.78 is 13.3. The molecule has 1 aliphatic heterocycles. The van der Waals surface area contributed by atoms with Crippen LogP contribution in [0, 0.1) is 5.82 Å². The number of amides is 1. The first-order valence-electron chi connectivity index (χ1n) is 6.14. The number of nitrogens with two attached hydrogens (primary N) is 1. The van der Waals surface area contributed by atoms with E-state index >= 15 is 0 Å². The quantitative estimate of drug-likeness (QED) is 0.838. The Hall–Kier alpha value is -1.62. The Labute approximate surface area is 106 Å². The molecule has 1 saturated heterocycles. The smallest absolute Gasteiger partial charge is 0.243 e. The van der Waals surface area contributed by atoms with Gasteiger partial charge in [-0.2, -0.15) is 0 Å². The fourth-order valence-electron chi connectivity index (χ4n) is 2.33. The van der Waals surface area contributed by atoms with Crippen molar-refractivity contribution in [2.24, 2.45) is 5.73 Å². The van der Waals surface area contributed by atoms with E-state index in [1.165, 1.54) is 12.1 Å². The van der Waals surface area contributed by atoms with Crippen LogP contribution in [0.25, 0.3) is 0 Å². The molecule has 1 aromatic rings. The van der Waals surface area contributed by atoms with Crippen molar-refractivity contribution < 1.29 is 9.18 Å². The van der Waals surface area contributed by atoms with E-state index in [2.05, 4.69) is 5.32 Å². The van der Waals surface area contributed by atoms with Crippen molar-refractivity contribution in [1.82, 2.24) is 5.32 Å². The van der Waals surface area contributed by atoms with Crippen LogP contribution in [-0.2, 0) is 4.79 Å². The normalized spacial score (nSPS) is 23.9. The minimum absolute atomic E-state index is 0.0385. The molecule has 0 spiro atoms. The van der Waals surface area contributed by atoms with Crippen LogP contribution in [0.2, 0.25) is 0 Å². The number of anilines is 1. The zero-order chi connectivity index (χ0) is 13.1. The van der Waals surface area contributed by atoms with Crippen LogP contribution >= 0.6 is 0 Å². The monoisotopic (exact) mass is 251 g/mol. The summed E-state index contributed by atoms with van der Waals surface area (Å²) >= 11 is 0. The van der Waals surface area contributed by atoms with Crippen LogP contribution < -0.4 is 16.0 Å². The summed E-state index contributed by atoms with van der Waals surface area (Å²) in [5, 5.41) is 2.90. The van der Waals surface area contributed by atoms with E-state index in [1.807, 2.05) is 17.9 Å². The van der Waals surface area contributed by atoms with E-state index < -0.39 is 0 Å². The van der Waals surface area contributed by atoms with Crippen molar-refractivity contribution in [2.45, 2.75) is 25.4 Å².